The highest BCUT2D eigenvalue weighted by atomic mass is 16.1. The molecule has 1 heterocycles. The fraction of sp³-hybridized carbons (Fsp3) is 0.571. The molecule has 0 bridgehead atoms. The van der Waals surface area contributed by atoms with Gasteiger partial charge in [-0.1, -0.05) is 6.92 Å². The zero-order valence-electron chi connectivity index (χ0n) is 10.9. The summed E-state index contributed by atoms with van der Waals surface area (Å²) in [6.07, 6.45) is 6.55. The molecule has 0 aliphatic heterocycles. The van der Waals surface area contributed by atoms with Gasteiger partial charge in [-0.2, -0.15) is 0 Å². The number of pyridine rings is 1. The molecule has 3 N–H and O–H groups in total. The van der Waals surface area contributed by atoms with Crippen molar-refractivity contribution >= 4 is 5.91 Å². The molecule has 18 heavy (non-hydrogen) atoms. The Balaban J connectivity index is 1.94. The number of nitrogens with one attached hydrogen (secondary N) is 1. The Morgan fingerprint density at radius 3 is 2.83 bits per heavy atom. The minimum Gasteiger partial charge on any atom is -0.348 e. The molecule has 1 fully saturated rings. The number of carbonyl (C=O) groups is 1. The van der Waals surface area contributed by atoms with E-state index < -0.39 is 0 Å². The van der Waals surface area contributed by atoms with Gasteiger partial charge in [0.1, 0.15) is 5.69 Å². The second kappa shape index (κ2) is 5.96. The standard InChI is InChI=1S/C14H21N3O/c1-2-10-7-8-16-13(9-10)14(18)17-12-5-3-11(15)4-6-12/h7-9,11-12H,2-6,15H2,1H3,(H,17,18). The largest absolute Gasteiger partial charge is 0.348 e. The SMILES string of the molecule is CCc1ccnc(C(=O)NC2CCC(N)CC2)c1. The molecule has 1 saturated carbocycles. The van der Waals surface area contributed by atoms with Gasteiger partial charge in [-0.3, -0.25) is 9.78 Å². The second-order valence-corrected chi connectivity index (χ2v) is 4.99. The molecule has 98 valence electrons. The molecule has 0 unspecified atom stereocenters. The third-order valence-corrected chi connectivity index (χ3v) is 3.57. The number of nitrogens with zero attached hydrogens (tertiary/aromatic N) is 1. The van der Waals surface area contributed by atoms with E-state index in [0.717, 1.165) is 37.7 Å². The average molecular weight is 247 g/mol. The second-order valence-electron chi connectivity index (χ2n) is 4.99. The predicted octanol–water partition coefficient (Wildman–Crippen LogP) is 1.64. The summed E-state index contributed by atoms with van der Waals surface area (Å²) in [6.45, 7) is 2.07. The Bertz CT molecular complexity index is 411. The van der Waals surface area contributed by atoms with Crippen LogP contribution in [-0.2, 0) is 6.42 Å². The van der Waals surface area contributed by atoms with Crippen molar-refractivity contribution in [2.45, 2.75) is 51.1 Å². The van der Waals surface area contributed by atoms with Crippen LogP contribution in [0.5, 0.6) is 0 Å². The van der Waals surface area contributed by atoms with Crippen LogP contribution in [0.25, 0.3) is 0 Å². The highest BCUT2D eigenvalue weighted by Gasteiger charge is 2.20. The highest BCUT2D eigenvalue weighted by molar-refractivity contribution is 5.92. The van der Waals surface area contributed by atoms with E-state index in [1.165, 1.54) is 0 Å². The number of carbonyl (C=O) groups excluding carboxylic acids is 1. The van der Waals surface area contributed by atoms with E-state index in [1.807, 2.05) is 12.1 Å². The van der Waals surface area contributed by atoms with Gasteiger partial charge >= 0.3 is 0 Å². The zero-order valence-corrected chi connectivity index (χ0v) is 10.9. The molecular weight excluding hydrogens is 226 g/mol. The van der Waals surface area contributed by atoms with E-state index in [1.54, 1.807) is 6.20 Å². The fourth-order valence-electron chi connectivity index (χ4n) is 2.34. The summed E-state index contributed by atoms with van der Waals surface area (Å²) in [5, 5.41) is 3.05. The smallest absolute Gasteiger partial charge is 0.270 e. The summed E-state index contributed by atoms with van der Waals surface area (Å²) in [7, 11) is 0. The Labute approximate surface area is 108 Å². The van der Waals surface area contributed by atoms with Gasteiger partial charge in [-0.25, -0.2) is 0 Å². The van der Waals surface area contributed by atoms with Crippen molar-refractivity contribution in [2.75, 3.05) is 0 Å². The molecule has 4 heteroatoms. The van der Waals surface area contributed by atoms with Crippen molar-refractivity contribution in [1.29, 1.82) is 0 Å². The Morgan fingerprint density at radius 2 is 2.17 bits per heavy atom. The number of hydrogen-bond donors (Lipinski definition) is 2. The van der Waals surface area contributed by atoms with Crippen LogP contribution in [0.15, 0.2) is 18.3 Å². The van der Waals surface area contributed by atoms with Crippen LogP contribution in [0.2, 0.25) is 0 Å². The first-order valence-corrected chi connectivity index (χ1v) is 6.70. The van der Waals surface area contributed by atoms with Crippen molar-refractivity contribution in [2.24, 2.45) is 5.73 Å². The van der Waals surface area contributed by atoms with Crippen LogP contribution in [-0.4, -0.2) is 23.0 Å². The lowest BCUT2D eigenvalue weighted by Gasteiger charge is -2.26. The van der Waals surface area contributed by atoms with Gasteiger partial charge in [0.15, 0.2) is 0 Å². The number of hydrogen-bond acceptors (Lipinski definition) is 3. The Hall–Kier alpha value is -1.42. The quantitative estimate of drug-likeness (QED) is 0.853. The lowest BCUT2D eigenvalue weighted by molar-refractivity contribution is 0.0920. The van der Waals surface area contributed by atoms with E-state index in [-0.39, 0.29) is 11.9 Å². The Kier molecular flexibility index (Phi) is 4.31. The molecule has 1 amide bonds. The molecule has 0 radical (unpaired) electrons. The maximum absolute atomic E-state index is 12.1. The fourth-order valence-corrected chi connectivity index (χ4v) is 2.34. The van der Waals surface area contributed by atoms with Crippen LogP contribution >= 0.6 is 0 Å². The minimum absolute atomic E-state index is 0.0641. The first-order chi connectivity index (χ1) is 8.69. The molecule has 1 aromatic heterocycles. The van der Waals surface area contributed by atoms with Crippen LogP contribution in [0, 0.1) is 0 Å². The molecule has 1 aliphatic carbocycles. The monoisotopic (exact) mass is 247 g/mol. The van der Waals surface area contributed by atoms with Gasteiger partial charge in [0.25, 0.3) is 5.91 Å². The van der Waals surface area contributed by atoms with Gasteiger partial charge in [0.2, 0.25) is 0 Å². The van der Waals surface area contributed by atoms with Crippen molar-refractivity contribution in [1.82, 2.24) is 10.3 Å². The van der Waals surface area contributed by atoms with Crippen molar-refractivity contribution in [3.05, 3.63) is 29.6 Å². The molecule has 0 atom stereocenters. The van der Waals surface area contributed by atoms with Crippen LogP contribution in [0.1, 0.15) is 48.7 Å². The third-order valence-electron chi connectivity index (χ3n) is 3.57. The van der Waals surface area contributed by atoms with E-state index in [9.17, 15) is 4.79 Å². The maximum atomic E-state index is 12.1. The zero-order chi connectivity index (χ0) is 13.0. The Morgan fingerprint density at radius 1 is 1.44 bits per heavy atom. The van der Waals surface area contributed by atoms with E-state index >= 15 is 0 Å². The molecule has 0 aromatic carbocycles. The van der Waals surface area contributed by atoms with Gasteiger partial charge < -0.3 is 11.1 Å². The first-order valence-electron chi connectivity index (χ1n) is 6.70. The summed E-state index contributed by atoms with van der Waals surface area (Å²) in [4.78, 5) is 16.2. The summed E-state index contributed by atoms with van der Waals surface area (Å²) >= 11 is 0. The van der Waals surface area contributed by atoms with Gasteiger partial charge in [-0.05, 0) is 49.8 Å². The average Bonchev–Trinajstić information content (AvgIpc) is 2.41. The molecule has 0 saturated heterocycles. The van der Waals surface area contributed by atoms with Crippen molar-refractivity contribution < 1.29 is 4.79 Å². The number of rotatable bonds is 3. The minimum atomic E-state index is -0.0641. The number of nitrogens with two attached hydrogens (primary N) is 1. The van der Waals surface area contributed by atoms with E-state index in [4.69, 9.17) is 5.73 Å². The third kappa shape index (κ3) is 3.29. The highest BCUT2D eigenvalue weighted by Crippen LogP contribution is 2.17. The predicted molar refractivity (Wildman–Crippen MR) is 71.3 cm³/mol. The first kappa shape index (κ1) is 13.0. The van der Waals surface area contributed by atoms with E-state index in [0.29, 0.717) is 11.7 Å². The summed E-state index contributed by atoms with van der Waals surface area (Å²) < 4.78 is 0. The van der Waals surface area contributed by atoms with Crippen LogP contribution in [0.4, 0.5) is 0 Å². The molecule has 4 nitrogen and oxygen atoms in total. The molecule has 2 rings (SSSR count). The number of aromatic nitrogens is 1. The van der Waals surface area contributed by atoms with Crippen LogP contribution in [0.3, 0.4) is 0 Å². The van der Waals surface area contributed by atoms with Gasteiger partial charge in [0, 0.05) is 18.3 Å². The van der Waals surface area contributed by atoms with Crippen LogP contribution < -0.4 is 11.1 Å². The number of aryl methyl sites for hydroxylation is 1. The number of amides is 1. The van der Waals surface area contributed by atoms with Gasteiger partial charge in [0.05, 0.1) is 0 Å². The molecule has 1 aromatic rings. The summed E-state index contributed by atoms with van der Waals surface area (Å²) in [5.74, 6) is -0.0641. The lowest BCUT2D eigenvalue weighted by Crippen LogP contribution is -2.40. The molecular formula is C14H21N3O. The molecule has 1 aliphatic rings. The summed E-state index contributed by atoms with van der Waals surface area (Å²) in [6, 6.07) is 4.37. The maximum Gasteiger partial charge on any atom is 0.270 e. The normalized spacial score (nSPS) is 23.7. The lowest BCUT2D eigenvalue weighted by atomic mass is 9.92. The van der Waals surface area contributed by atoms with Crippen molar-refractivity contribution in [3.63, 3.8) is 0 Å². The van der Waals surface area contributed by atoms with Crippen molar-refractivity contribution in [3.8, 4) is 0 Å². The van der Waals surface area contributed by atoms with E-state index in [2.05, 4.69) is 17.2 Å². The topological polar surface area (TPSA) is 68.0 Å². The van der Waals surface area contributed by atoms with Gasteiger partial charge in [-0.15, -0.1) is 0 Å². The summed E-state index contributed by atoms with van der Waals surface area (Å²) in [5.41, 5.74) is 7.51. The molecule has 0 spiro atoms.